The molecule has 3 fully saturated rings. The van der Waals surface area contributed by atoms with Gasteiger partial charge in [0.15, 0.2) is 0 Å². The Bertz CT molecular complexity index is 1230. The minimum Gasteiger partial charge on any atom is -0.491 e. The number of nitrogen functional groups attached to an aromatic ring is 1. The number of aryl methyl sites for hydroxylation is 1. The van der Waals surface area contributed by atoms with Crippen LogP contribution in [-0.4, -0.2) is 48.7 Å². The van der Waals surface area contributed by atoms with Crippen molar-refractivity contribution in [2.75, 3.05) is 30.3 Å². The van der Waals surface area contributed by atoms with E-state index in [0.717, 1.165) is 34.7 Å². The number of halogens is 1. The quantitative estimate of drug-likeness (QED) is 0.565. The molecule has 7 nitrogen and oxygen atoms in total. The molecular weight excluding hydrogens is 429 g/mol. The molecule has 4 aliphatic rings. The van der Waals surface area contributed by atoms with Gasteiger partial charge in [-0.3, -0.25) is 4.79 Å². The Morgan fingerprint density at radius 3 is 2.91 bits per heavy atom. The standard InChI is InChI=1S/C23H24FN5O2S/c1-11-2-3-16-20(25)21(32-23(16)26-11)22(30)28-14-5-17-18(24)6-15(7-19(17)31-10-14)29-8-12-4-13(9-29)27-12/h2-3,6-7,12-14,27H,4-5,8-10,25H2,1H3,(H,28,30)/t12?,13?,14-/m1/s1. The Labute approximate surface area is 188 Å². The lowest BCUT2D eigenvalue weighted by molar-refractivity contribution is 0.0919. The number of anilines is 2. The summed E-state index contributed by atoms with van der Waals surface area (Å²) in [4.78, 5) is 20.8. The highest BCUT2D eigenvalue weighted by Gasteiger charge is 2.37. The molecule has 32 heavy (non-hydrogen) atoms. The number of piperidine rings is 1. The number of thiophene rings is 1. The second-order valence-corrected chi connectivity index (χ2v) is 9.94. The van der Waals surface area contributed by atoms with Gasteiger partial charge in [0.1, 0.15) is 27.9 Å². The summed E-state index contributed by atoms with van der Waals surface area (Å²) < 4.78 is 20.9. The largest absolute Gasteiger partial charge is 0.491 e. The third-order valence-electron chi connectivity index (χ3n) is 6.59. The first-order valence-corrected chi connectivity index (χ1v) is 11.7. The van der Waals surface area contributed by atoms with Gasteiger partial charge in [-0.15, -0.1) is 11.3 Å². The highest BCUT2D eigenvalue weighted by Crippen LogP contribution is 2.36. The number of nitrogens with one attached hydrogen (secondary N) is 2. The van der Waals surface area contributed by atoms with Crippen molar-refractivity contribution in [3.8, 4) is 5.75 Å². The van der Waals surface area contributed by atoms with E-state index in [2.05, 4.69) is 20.5 Å². The summed E-state index contributed by atoms with van der Waals surface area (Å²) in [6.07, 6.45) is 1.57. The number of fused-ring (bicyclic) bond motifs is 4. The van der Waals surface area contributed by atoms with E-state index in [1.807, 2.05) is 25.1 Å². The average molecular weight is 454 g/mol. The van der Waals surface area contributed by atoms with E-state index >= 15 is 4.39 Å². The minimum atomic E-state index is -0.332. The lowest BCUT2D eigenvalue weighted by atomic mass is 9.90. The van der Waals surface area contributed by atoms with Crippen molar-refractivity contribution in [1.82, 2.24) is 15.6 Å². The van der Waals surface area contributed by atoms with Crippen LogP contribution in [0.1, 0.15) is 27.3 Å². The lowest BCUT2D eigenvalue weighted by Crippen LogP contribution is -2.67. The Morgan fingerprint density at radius 1 is 1.34 bits per heavy atom. The van der Waals surface area contributed by atoms with E-state index < -0.39 is 0 Å². The van der Waals surface area contributed by atoms with Gasteiger partial charge in [0.2, 0.25) is 0 Å². The fraction of sp³-hybridized carbons (Fsp3) is 0.391. The molecular formula is C23H24FN5O2S. The maximum absolute atomic E-state index is 15.0. The van der Waals surface area contributed by atoms with E-state index in [9.17, 15) is 4.79 Å². The highest BCUT2D eigenvalue weighted by atomic mass is 32.1. The fourth-order valence-electron chi connectivity index (χ4n) is 4.93. The van der Waals surface area contributed by atoms with Gasteiger partial charge in [-0.25, -0.2) is 9.37 Å². The van der Waals surface area contributed by atoms with Gasteiger partial charge in [-0.1, -0.05) is 0 Å². The van der Waals surface area contributed by atoms with Crippen LogP contribution in [0, 0.1) is 12.7 Å². The zero-order chi connectivity index (χ0) is 22.0. The van der Waals surface area contributed by atoms with E-state index in [4.69, 9.17) is 10.5 Å². The molecule has 4 aliphatic heterocycles. The second kappa shape index (κ2) is 7.31. The molecule has 2 unspecified atom stereocenters. The molecule has 0 aliphatic carbocycles. The van der Waals surface area contributed by atoms with Crippen molar-refractivity contribution in [2.45, 2.75) is 37.9 Å². The number of pyridine rings is 1. The van der Waals surface area contributed by atoms with Crippen molar-refractivity contribution >= 4 is 38.8 Å². The van der Waals surface area contributed by atoms with Crippen LogP contribution < -0.4 is 26.0 Å². The number of hydrogen-bond donors (Lipinski definition) is 3. The lowest BCUT2D eigenvalue weighted by Gasteiger charge is -2.49. The first-order valence-electron chi connectivity index (χ1n) is 10.9. The van der Waals surface area contributed by atoms with Crippen molar-refractivity contribution in [3.63, 3.8) is 0 Å². The van der Waals surface area contributed by atoms with Crippen LogP contribution in [0.2, 0.25) is 0 Å². The summed E-state index contributed by atoms with van der Waals surface area (Å²) in [6.45, 7) is 3.96. The average Bonchev–Trinajstić information content (AvgIpc) is 3.09. The third kappa shape index (κ3) is 3.27. The maximum Gasteiger partial charge on any atom is 0.263 e. The van der Waals surface area contributed by atoms with E-state index in [1.165, 1.54) is 17.8 Å². The van der Waals surface area contributed by atoms with Gasteiger partial charge >= 0.3 is 0 Å². The summed E-state index contributed by atoms with van der Waals surface area (Å²) in [5.74, 6) is 0.000681. The zero-order valence-corrected chi connectivity index (χ0v) is 18.5. The smallest absolute Gasteiger partial charge is 0.263 e. The predicted molar refractivity (Wildman–Crippen MR) is 123 cm³/mol. The predicted octanol–water partition coefficient (Wildman–Crippen LogP) is 2.61. The summed E-state index contributed by atoms with van der Waals surface area (Å²) in [6, 6.07) is 7.94. The highest BCUT2D eigenvalue weighted by molar-refractivity contribution is 7.21. The van der Waals surface area contributed by atoms with Gasteiger partial charge in [0.05, 0.1) is 11.7 Å². The number of benzene rings is 1. The second-order valence-electron chi connectivity index (χ2n) is 8.94. The van der Waals surface area contributed by atoms with E-state index in [-0.39, 0.29) is 24.4 Å². The summed E-state index contributed by atoms with van der Waals surface area (Å²) >= 11 is 1.27. The summed E-state index contributed by atoms with van der Waals surface area (Å²) in [5, 5.41) is 7.23. The molecule has 0 saturated carbocycles. The van der Waals surface area contributed by atoms with Crippen LogP contribution in [-0.2, 0) is 6.42 Å². The SMILES string of the molecule is Cc1ccc2c(N)c(C(=O)N[C@H]3COc4cc(N5CC6CC(C5)N6)cc(F)c4C3)sc2n1. The molecule has 0 radical (unpaired) electrons. The number of aromatic nitrogens is 1. The van der Waals surface area contributed by atoms with Crippen molar-refractivity contribution in [3.05, 3.63) is 46.2 Å². The number of ether oxygens (including phenoxy) is 1. The van der Waals surface area contributed by atoms with Gasteiger partial charge in [0.25, 0.3) is 5.91 Å². The number of piperazine rings is 1. The Balaban J connectivity index is 1.19. The fourth-order valence-corrected chi connectivity index (χ4v) is 5.97. The molecule has 4 N–H and O–H groups in total. The molecule has 3 saturated heterocycles. The number of nitrogens with zero attached hydrogens (tertiary/aromatic N) is 2. The molecule has 1 aromatic carbocycles. The van der Waals surface area contributed by atoms with Gasteiger partial charge in [0, 0.05) is 60.0 Å². The van der Waals surface area contributed by atoms with Crippen LogP contribution in [0.15, 0.2) is 24.3 Å². The summed E-state index contributed by atoms with van der Waals surface area (Å²) in [5.41, 5.74) is 8.87. The molecule has 166 valence electrons. The summed E-state index contributed by atoms with van der Waals surface area (Å²) in [7, 11) is 0. The molecule has 1 amide bonds. The molecule has 6 heterocycles. The van der Waals surface area contributed by atoms with E-state index in [0.29, 0.717) is 40.4 Å². The topological polar surface area (TPSA) is 92.5 Å². The minimum absolute atomic E-state index is 0.280. The van der Waals surface area contributed by atoms with Crippen LogP contribution in [0.4, 0.5) is 15.8 Å². The number of nitrogens with two attached hydrogens (primary N) is 1. The first-order chi connectivity index (χ1) is 15.4. The molecule has 2 aromatic heterocycles. The maximum atomic E-state index is 15.0. The third-order valence-corrected chi connectivity index (χ3v) is 7.71. The molecule has 3 atom stereocenters. The first kappa shape index (κ1) is 19.8. The zero-order valence-electron chi connectivity index (χ0n) is 17.7. The van der Waals surface area contributed by atoms with Gasteiger partial charge in [-0.2, -0.15) is 0 Å². The number of hydrogen-bond acceptors (Lipinski definition) is 7. The normalized spacial score (nSPS) is 23.9. The van der Waals surface area contributed by atoms with Crippen molar-refractivity contribution < 1.29 is 13.9 Å². The molecule has 7 rings (SSSR count). The van der Waals surface area contributed by atoms with Crippen molar-refractivity contribution in [2.24, 2.45) is 0 Å². The Kier molecular flexibility index (Phi) is 4.51. The Morgan fingerprint density at radius 2 is 2.12 bits per heavy atom. The Hall–Kier alpha value is -2.91. The molecule has 3 aromatic rings. The number of amides is 1. The van der Waals surface area contributed by atoms with Crippen LogP contribution >= 0.6 is 11.3 Å². The monoisotopic (exact) mass is 453 g/mol. The van der Waals surface area contributed by atoms with Crippen LogP contribution in [0.25, 0.3) is 10.2 Å². The van der Waals surface area contributed by atoms with E-state index in [1.54, 1.807) is 6.07 Å². The van der Waals surface area contributed by atoms with Gasteiger partial charge in [-0.05, 0) is 31.5 Å². The number of carbonyl (C=O) groups is 1. The number of carbonyl (C=O) groups excluding carboxylic acids is 1. The number of rotatable bonds is 3. The van der Waals surface area contributed by atoms with Crippen LogP contribution in [0.5, 0.6) is 5.75 Å². The molecule has 9 heteroatoms. The van der Waals surface area contributed by atoms with Crippen molar-refractivity contribution in [1.29, 1.82) is 0 Å². The molecule has 0 spiro atoms. The van der Waals surface area contributed by atoms with Gasteiger partial charge < -0.3 is 26.0 Å². The molecule has 2 bridgehead atoms. The van der Waals surface area contributed by atoms with Crippen LogP contribution in [0.3, 0.4) is 0 Å².